The molecule has 32 heavy (non-hydrogen) atoms. The van der Waals surface area contributed by atoms with Gasteiger partial charge in [0, 0.05) is 50.0 Å². The summed E-state index contributed by atoms with van der Waals surface area (Å²) in [5, 5.41) is 0. The minimum atomic E-state index is 0.245. The van der Waals surface area contributed by atoms with Crippen LogP contribution in [0, 0.1) is 0 Å². The Labute approximate surface area is 190 Å². The molecule has 2 aliphatic rings. The van der Waals surface area contributed by atoms with E-state index in [2.05, 4.69) is 17.9 Å². The lowest BCUT2D eigenvalue weighted by Crippen LogP contribution is -2.41. The highest BCUT2D eigenvalue weighted by atomic mass is 16.5. The molecule has 0 saturated carbocycles. The van der Waals surface area contributed by atoms with E-state index in [1.165, 1.54) is 0 Å². The van der Waals surface area contributed by atoms with Crippen LogP contribution in [-0.4, -0.2) is 60.7 Å². The molecule has 2 aliphatic heterocycles. The van der Waals surface area contributed by atoms with Crippen molar-refractivity contribution in [3.05, 3.63) is 46.9 Å². The van der Waals surface area contributed by atoms with Gasteiger partial charge in [-0.3, -0.25) is 4.79 Å². The van der Waals surface area contributed by atoms with E-state index in [-0.39, 0.29) is 5.91 Å². The van der Waals surface area contributed by atoms with Crippen molar-refractivity contribution in [1.82, 2.24) is 14.9 Å². The molecule has 0 N–H and O–H groups in total. The van der Waals surface area contributed by atoms with Crippen molar-refractivity contribution in [1.29, 1.82) is 0 Å². The number of hydrogen-bond donors (Lipinski definition) is 0. The van der Waals surface area contributed by atoms with Crippen molar-refractivity contribution in [2.24, 2.45) is 0 Å². The minimum absolute atomic E-state index is 0.245. The topological polar surface area (TPSA) is 67.8 Å². The number of unbranched alkanes of at least 4 members (excludes halogenated alkanes) is 2. The maximum atomic E-state index is 12.8. The highest BCUT2D eigenvalue weighted by Gasteiger charge is 2.28. The zero-order valence-corrected chi connectivity index (χ0v) is 19.3. The van der Waals surface area contributed by atoms with Gasteiger partial charge in [0.2, 0.25) is 5.91 Å². The Morgan fingerprint density at radius 2 is 1.94 bits per heavy atom. The van der Waals surface area contributed by atoms with Gasteiger partial charge in [-0.2, -0.15) is 0 Å². The first-order valence-corrected chi connectivity index (χ1v) is 11.8. The van der Waals surface area contributed by atoms with Crippen molar-refractivity contribution in [3.8, 4) is 5.75 Å². The number of aromatic nitrogens is 2. The van der Waals surface area contributed by atoms with Gasteiger partial charge in [0.15, 0.2) is 0 Å². The summed E-state index contributed by atoms with van der Waals surface area (Å²) in [4.78, 5) is 27.0. The average molecular weight is 439 g/mol. The average Bonchev–Trinajstić information content (AvgIpc) is 2.84. The lowest BCUT2D eigenvalue weighted by molar-refractivity contribution is -0.132. The summed E-state index contributed by atoms with van der Waals surface area (Å²) < 4.78 is 11.1. The molecule has 0 aliphatic carbocycles. The number of rotatable bonds is 8. The SMILES string of the molecule is CCCCCC(=O)N1CCc2nc(Cc3ccccc3OC)nc(N3CCOCC3)c2C1. The van der Waals surface area contributed by atoms with E-state index in [0.29, 0.717) is 32.6 Å². The van der Waals surface area contributed by atoms with E-state index in [0.717, 1.165) is 79.5 Å². The predicted octanol–water partition coefficient (Wildman–Crippen LogP) is 3.38. The van der Waals surface area contributed by atoms with Gasteiger partial charge >= 0.3 is 0 Å². The molecule has 1 aromatic carbocycles. The third kappa shape index (κ3) is 5.21. The van der Waals surface area contributed by atoms with Crippen LogP contribution in [0.2, 0.25) is 0 Å². The van der Waals surface area contributed by atoms with Crippen LogP contribution in [0.25, 0.3) is 0 Å². The highest BCUT2D eigenvalue weighted by molar-refractivity contribution is 5.76. The third-order valence-corrected chi connectivity index (χ3v) is 6.28. The number of ether oxygens (including phenoxy) is 2. The lowest BCUT2D eigenvalue weighted by atomic mass is 10.0. The number of nitrogens with zero attached hydrogens (tertiary/aromatic N) is 4. The van der Waals surface area contributed by atoms with Crippen molar-refractivity contribution >= 4 is 11.7 Å². The molecular formula is C25H34N4O3. The van der Waals surface area contributed by atoms with Gasteiger partial charge in [-0.15, -0.1) is 0 Å². The van der Waals surface area contributed by atoms with Crippen LogP contribution in [0.15, 0.2) is 24.3 Å². The van der Waals surface area contributed by atoms with Crippen molar-refractivity contribution in [2.75, 3.05) is 44.9 Å². The summed E-state index contributed by atoms with van der Waals surface area (Å²) in [6.45, 7) is 6.49. The monoisotopic (exact) mass is 438 g/mol. The van der Waals surface area contributed by atoms with Crippen LogP contribution in [0.1, 0.15) is 55.3 Å². The zero-order chi connectivity index (χ0) is 22.3. The Bertz CT molecular complexity index is 927. The first-order valence-electron chi connectivity index (χ1n) is 11.8. The third-order valence-electron chi connectivity index (χ3n) is 6.28. The fourth-order valence-corrected chi connectivity index (χ4v) is 4.48. The zero-order valence-electron chi connectivity index (χ0n) is 19.3. The minimum Gasteiger partial charge on any atom is -0.496 e. The Balaban J connectivity index is 1.61. The lowest BCUT2D eigenvalue weighted by Gasteiger charge is -2.34. The molecule has 172 valence electrons. The Kier molecular flexibility index (Phi) is 7.58. The predicted molar refractivity (Wildman–Crippen MR) is 124 cm³/mol. The van der Waals surface area contributed by atoms with Gasteiger partial charge in [-0.1, -0.05) is 38.0 Å². The Morgan fingerprint density at radius 3 is 2.72 bits per heavy atom. The number of benzene rings is 1. The number of hydrogen-bond acceptors (Lipinski definition) is 6. The maximum absolute atomic E-state index is 12.8. The molecule has 2 aromatic rings. The van der Waals surface area contributed by atoms with Crippen molar-refractivity contribution < 1.29 is 14.3 Å². The van der Waals surface area contributed by atoms with Gasteiger partial charge < -0.3 is 19.3 Å². The van der Waals surface area contributed by atoms with E-state index in [9.17, 15) is 4.79 Å². The number of para-hydroxylation sites is 1. The molecule has 1 amide bonds. The number of methoxy groups -OCH3 is 1. The molecule has 1 saturated heterocycles. The molecule has 0 atom stereocenters. The molecular weight excluding hydrogens is 404 g/mol. The van der Waals surface area contributed by atoms with Crippen molar-refractivity contribution in [3.63, 3.8) is 0 Å². The molecule has 0 radical (unpaired) electrons. The number of fused-ring (bicyclic) bond motifs is 1. The summed E-state index contributed by atoms with van der Waals surface area (Å²) in [6, 6.07) is 8.02. The van der Waals surface area contributed by atoms with Gasteiger partial charge in [-0.05, 0) is 12.5 Å². The molecule has 0 spiro atoms. The summed E-state index contributed by atoms with van der Waals surface area (Å²) in [5.41, 5.74) is 3.25. The van der Waals surface area contributed by atoms with Gasteiger partial charge in [0.1, 0.15) is 17.4 Å². The number of morpholine rings is 1. The van der Waals surface area contributed by atoms with Crippen molar-refractivity contribution in [2.45, 2.75) is 52.0 Å². The largest absolute Gasteiger partial charge is 0.496 e. The van der Waals surface area contributed by atoms with E-state index in [1.54, 1.807) is 7.11 Å². The van der Waals surface area contributed by atoms with Crippen LogP contribution in [0.3, 0.4) is 0 Å². The number of carbonyl (C=O) groups is 1. The van der Waals surface area contributed by atoms with Crippen LogP contribution >= 0.6 is 0 Å². The molecule has 0 bridgehead atoms. The van der Waals surface area contributed by atoms with E-state index >= 15 is 0 Å². The summed E-state index contributed by atoms with van der Waals surface area (Å²) in [6.07, 6.45) is 5.21. The molecule has 1 fully saturated rings. The van der Waals surface area contributed by atoms with Crippen LogP contribution in [-0.2, 0) is 28.9 Å². The second kappa shape index (κ2) is 10.8. The van der Waals surface area contributed by atoms with E-state index < -0.39 is 0 Å². The second-order valence-corrected chi connectivity index (χ2v) is 8.50. The quantitative estimate of drug-likeness (QED) is 0.589. The molecule has 1 aromatic heterocycles. The number of carbonyl (C=O) groups excluding carboxylic acids is 1. The Morgan fingerprint density at radius 1 is 1.12 bits per heavy atom. The first kappa shape index (κ1) is 22.5. The highest BCUT2D eigenvalue weighted by Crippen LogP contribution is 2.29. The summed E-state index contributed by atoms with van der Waals surface area (Å²) >= 11 is 0. The van der Waals surface area contributed by atoms with Gasteiger partial charge in [-0.25, -0.2) is 9.97 Å². The fourth-order valence-electron chi connectivity index (χ4n) is 4.48. The first-order chi connectivity index (χ1) is 15.7. The molecule has 3 heterocycles. The maximum Gasteiger partial charge on any atom is 0.222 e. The number of amides is 1. The number of anilines is 1. The second-order valence-electron chi connectivity index (χ2n) is 8.50. The molecule has 7 nitrogen and oxygen atoms in total. The summed E-state index contributed by atoms with van der Waals surface area (Å²) in [7, 11) is 1.69. The smallest absolute Gasteiger partial charge is 0.222 e. The Hall–Kier alpha value is -2.67. The summed E-state index contributed by atoms with van der Waals surface area (Å²) in [5.74, 6) is 2.87. The fraction of sp³-hybridized carbons (Fsp3) is 0.560. The van der Waals surface area contributed by atoms with E-state index in [1.807, 2.05) is 23.1 Å². The molecule has 4 rings (SSSR count). The van der Waals surface area contributed by atoms with Crippen LogP contribution in [0.4, 0.5) is 5.82 Å². The van der Waals surface area contributed by atoms with Gasteiger partial charge in [0.25, 0.3) is 0 Å². The van der Waals surface area contributed by atoms with Crippen LogP contribution in [0.5, 0.6) is 5.75 Å². The van der Waals surface area contributed by atoms with Gasteiger partial charge in [0.05, 0.1) is 32.6 Å². The standard InChI is InChI=1S/C25H34N4O3/c1-3-4-5-10-24(30)29-12-11-21-20(18-29)25(28-13-15-32-16-14-28)27-23(26-21)17-19-8-6-7-9-22(19)31-2/h6-9H,3-5,10-18H2,1-2H3. The normalized spacial score (nSPS) is 16.1. The van der Waals surface area contributed by atoms with Crippen LogP contribution < -0.4 is 9.64 Å². The molecule has 0 unspecified atom stereocenters. The van der Waals surface area contributed by atoms with E-state index in [4.69, 9.17) is 19.4 Å². The molecule has 7 heteroatoms.